The molecule has 0 N–H and O–H groups in total. The molecule has 0 fully saturated rings. The Morgan fingerprint density at radius 3 is 1.93 bits per heavy atom. The molecule has 8 aromatic rings. The van der Waals surface area contributed by atoms with Crippen LogP contribution in [0.25, 0.3) is 52.8 Å². The third-order valence-corrected chi connectivity index (χ3v) is 9.30. The maximum Gasteiger partial charge on any atom is 0.162 e. The summed E-state index contributed by atoms with van der Waals surface area (Å²) in [5, 5.41) is 7.23. The molecule has 1 heterocycles. The molecular weight excluding hydrogens is 567 g/mol. The first kappa shape index (κ1) is 26.9. The Morgan fingerprint density at radius 2 is 1.18 bits per heavy atom. The molecule has 212 valence electrons. The molecule has 0 aliphatic heterocycles. The van der Waals surface area contributed by atoms with Gasteiger partial charge in [-0.15, -0.1) is 11.3 Å². The highest BCUT2D eigenvalue weighted by molar-refractivity contribution is 7.26. The minimum Gasteiger partial charge on any atom is -0.244 e. The molecule has 0 saturated carbocycles. The van der Waals surface area contributed by atoms with Crippen LogP contribution < -0.4 is 0 Å². The van der Waals surface area contributed by atoms with E-state index in [0.717, 1.165) is 27.8 Å². The highest BCUT2D eigenvalue weighted by Crippen LogP contribution is 2.38. The minimum atomic E-state index is 0.543. The van der Waals surface area contributed by atoms with E-state index in [1.807, 2.05) is 30.3 Å². The van der Waals surface area contributed by atoms with E-state index in [0.29, 0.717) is 11.7 Å². The number of hydrogen-bond acceptors (Lipinski definition) is 2. The molecule has 0 amide bonds. The van der Waals surface area contributed by atoms with Crippen LogP contribution >= 0.6 is 11.3 Å². The van der Waals surface area contributed by atoms with Gasteiger partial charge in [-0.25, -0.2) is 15.0 Å². The first-order valence-electron chi connectivity index (χ1n) is 14.9. The molecule has 8 rings (SSSR count). The lowest BCUT2D eigenvalue weighted by Crippen LogP contribution is -2.05. The Labute approximate surface area is 265 Å². The summed E-state index contributed by atoms with van der Waals surface area (Å²) >= 11 is 1.79. The van der Waals surface area contributed by atoms with Crippen LogP contribution in [0.3, 0.4) is 0 Å². The number of fused-ring (bicyclic) bond motifs is 5. The number of thiophene rings is 1. The molecule has 0 aliphatic carbocycles. The fraction of sp³-hybridized carbons (Fsp3) is 0. The molecule has 45 heavy (non-hydrogen) atoms. The Morgan fingerprint density at radius 1 is 0.511 bits per heavy atom. The maximum atomic E-state index is 5.11. The molecule has 0 atom stereocenters. The molecule has 0 radical (unpaired) electrons. The topological polar surface area (TPSA) is 37.1 Å². The van der Waals surface area contributed by atoms with Crippen molar-refractivity contribution in [2.45, 2.75) is 0 Å². The average molecular weight is 594 g/mol. The van der Waals surface area contributed by atoms with E-state index >= 15 is 0 Å². The van der Waals surface area contributed by atoms with Gasteiger partial charge in [0.05, 0.1) is 5.69 Å². The van der Waals surface area contributed by atoms with E-state index in [9.17, 15) is 0 Å². The minimum absolute atomic E-state index is 0.543. The summed E-state index contributed by atoms with van der Waals surface area (Å²) in [5.41, 5.74) is 4.97. The monoisotopic (exact) mass is 593 g/mol. The van der Waals surface area contributed by atoms with Gasteiger partial charge in [-0.2, -0.15) is 0 Å². The second kappa shape index (κ2) is 11.4. The predicted octanol–water partition coefficient (Wildman–Crippen LogP) is 11.3. The Bertz CT molecular complexity index is 2430. The highest BCUT2D eigenvalue weighted by atomic mass is 32.1. The zero-order valence-electron chi connectivity index (χ0n) is 24.4. The molecule has 0 unspecified atom stereocenters. The third kappa shape index (κ3) is 5.12. The molecule has 0 saturated heterocycles. The second-order valence-corrected chi connectivity index (χ2v) is 12.1. The normalized spacial score (nSPS) is 12.4. The number of para-hydroxylation sites is 1. The smallest absolute Gasteiger partial charge is 0.162 e. The lowest BCUT2D eigenvalue weighted by Gasteiger charge is -2.09. The van der Waals surface area contributed by atoms with Gasteiger partial charge >= 0.3 is 0 Å². The van der Waals surface area contributed by atoms with Crippen molar-refractivity contribution in [1.29, 1.82) is 0 Å². The fourth-order valence-electron chi connectivity index (χ4n) is 5.94. The van der Waals surface area contributed by atoms with Crippen molar-refractivity contribution in [2.75, 3.05) is 0 Å². The summed E-state index contributed by atoms with van der Waals surface area (Å²) < 4.78 is 2.43. The van der Waals surface area contributed by atoms with E-state index in [1.165, 1.54) is 41.9 Å². The standard InChI is InChI=1S/C41H27N3S/c1-42-41(35-16-9-17-37-39(35)36-25-31-12-7-8-13-32(31)26-38(36)45-37)44-40(43-34-14-3-2-4-15-34)29-21-18-28(19-22-29)33-23-20-27-10-5-6-11-30(27)24-33/h2-26H,1H2/b43-40-,44-41-. The van der Waals surface area contributed by atoms with E-state index in [4.69, 9.17) is 9.98 Å². The summed E-state index contributed by atoms with van der Waals surface area (Å²) in [4.78, 5) is 14.6. The lowest BCUT2D eigenvalue weighted by molar-refractivity contribution is 1.43. The van der Waals surface area contributed by atoms with Crippen LogP contribution in [0.15, 0.2) is 167 Å². The van der Waals surface area contributed by atoms with Crippen molar-refractivity contribution >= 4 is 77.1 Å². The van der Waals surface area contributed by atoms with Crippen LogP contribution in [-0.4, -0.2) is 18.4 Å². The largest absolute Gasteiger partial charge is 0.244 e. The number of nitrogens with zero attached hydrogens (tertiary/aromatic N) is 3. The summed E-state index contributed by atoms with van der Waals surface area (Å²) in [5.74, 6) is 1.12. The first-order chi connectivity index (χ1) is 22.2. The average Bonchev–Trinajstić information content (AvgIpc) is 3.47. The van der Waals surface area contributed by atoms with Gasteiger partial charge in [0.15, 0.2) is 11.7 Å². The second-order valence-electron chi connectivity index (χ2n) is 11.0. The Hall–Kier alpha value is -5.71. The highest BCUT2D eigenvalue weighted by Gasteiger charge is 2.15. The van der Waals surface area contributed by atoms with Crippen molar-refractivity contribution in [2.24, 2.45) is 15.0 Å². The number of rotatable bonds is 4. The van der Waals surface area contributed by atoms with Crippen LogP contribution in [0.2, 0.25) is 0 Å². The molecule has 3 nitrogen and oxygen atoms in total. The maximum absolute atomic E-state index is 5.11. The quantitative estimate of drug-likeness (QED) is 0.144. The van der Waals surface area contributed by atoms with Gasteiger partial charge in [-0.3, -0.25) is 0 Å². The SMILES string of the molecule is C=N/C(=N\C(=N/c1ccccc1)c1ccc(-c2ccc3ccccc3c2)cc1)c1cccc2sc3cc4ccccc4cc3c12. The number of hydrogen-bond donors (Lipinski definition) is 0. The van der Waals surface area contributed by atoms with Gasteiger partial charge in [0, 0.05) is 31.3 Å². The van der Waals surface area contributed by atoms with Gasteiger partial charge < -0.3 is 0 Å². The van der Waals surface area contributed by atoms with Crippen LogP contribution in [-0.2, 0) is 0 Å². The summed E-state index contributed by atoms with van der Waals surface area (Å²) in [7, 11) is 0. The molecule has 0 spiro atoms. The van der Waals surface area contributed by atoms with Crippen LogP contribution in [0.4, 0.5) is 5.69 Å². The molecular formula is C41H27N3S. The fourth-order valence-corrected chi connectivity index (χ4v) is 7.10. The number of amidine groups is 2. The summed E-state index contributed by atoms with van der Waals surface area (Å²) in [6, 6.07) is 52.7. The Kier molecular flexibility index (Phi) is 6.82. The van der Waals surface area contributed by atoms with Crippen LogP contribution in [0.5, 0.6) is 0 Å². The van der Waals surface area contributed by atoms with Gasteiger partial charge in [-0.05, 0) is 75.8 Å². The third-order valence-electron chi connectivity index (χ3n) is 8.18. The number of benzene rings is 7. The zero-order valence-corrected chi connectivity index (χ0v) is 25.2. The van der Waals surface area contributed by atoms with E-state index < -0.39 is 0 Å². The molecule has 0 bridgehead atoms. The van der Waals surface area contributed by atoms with E-state index in [-0.39, 0.29) is 0 Å². The lowest BCUT2D eigenvalue weighted by atomic mass is 10.00. The summed E-state index contributed by atoms with van der Waals surface area (Å²) in [6.45, 7) is 3.96. The van der Waals surface area contributed by atoms with Crippen molar-refractivity contribution in [3.8, 4) is 11.1 Å². The van der Waals surface area contributed by atoms with Gasteiger partial charge in [0.1, 0.15) is 0 Å². The number of aliphatic imine (C=N–C) groups is 3. The first-order valence-corrected chi connectivity index (χ1v) is 15.7. The molecule has 1 aromatic heterocycles. The van der Waals surface area contributed by atoms with Crippen LogP contribution in [0, 0.1) is 0 Å². The Balaban J connectivity index is 1.26. The summed E-state index contributed by atoms with van der Waals surface area (Å²) in [6.07, 6.45) is 0. The predicted molar refractivity (Wildman–Crippen MR) is 195 cm³/mol. The molecule has 0 aliphatic rings. The zero-order chi connectivity index (χ0) is 30.2. The van der Waals surface area contributed by atoms with Crippen molar-refractivity contribution < 1.29 is 0 Å². The van der Waals surface area contributed by atoms with E-state index in [2.05, 4.69) is 133 Å². The van der Waals surface area contributed by atoms with Crippen LogP contribution in [0.1, 0.15) is 11.1 Å². The van der Waals surface area contributed by atoms with Crippen molar-refractivity contribution in [3.05, 3.63) is 163 Å². The van der Waals surface area contributed by atoms with Crippen molar-refractivity contribution in [1.82, 2.24) is 0 Å². The molecule has 7 aromatic carbocycles. The van der Waals surface area contributed by atoms with Gasteiger partial charge in [0.2, 0.25) is 0 Å². The molecule has 4 heteroatoms. The van der Waals surface area contributed by atoms with E-state index in [1.54, 1.807) is 11.3 Å². The van der Waals surface area contributed by atoms with Gasteiger partial charge in [0.25, 0.3) is 0 Å². The van der Waals surface area contributed by atoms with Crippen molar-refractivity contribution in [3.63, 3.8) is 0 Å². The van der Waals surface area contributed by atoms with Gasteiger partial charge in [-0.1, -0.05) is 115 Å².